The van der Waals surface area contributed by atoms with Gasteiger partial charge in [-0.25, -0.2) is 0 Å². The number of fused-ring (bicyclic) bond motifs is 1. The predicted octanol–water partition coefficient (Wildman–Crippen LogP) is 4.10. The van der Waals surface area contributed by atoms with Crippen LogP contribution < -0.4 is 0 Å². The molecule has 1 unspecified atom stereocenters. The Morgan fingerprint density at radius 2 is 2.04 bits per heavy atom. The highest BCUT2D eigenvalue weighted by Crippen LogP contribution is 2.45. The number of aromatic nitrogens is 2. The molecule has 27 heavy (non-hydrogen) atoms. The molecule has 3 aromatic rings. The van der Waals surface area contributed by atoms with E-state index in [2.05, 4.69) is 10.2 Å². The Morgan fingerprint density at radius 3 is 2.78 bits per heavy atom. The van der Waals surface area contributed by atoms with Gasteiger partial charge in [0.25, 0.3) is 5.91 Å². The zero-order chi connectivity index (χ0) is 19.1. The van der Waals surface area contributed by atoms with Gasteiger partial charge < -0.3 is 15.1 Å². The number of halogens is 1. The average Bonchev–Trinajstić information content (AvgIpc) is 3.17. The molecule has 7 heteroatoms. The van der Waals surface area contributed by atoms with Gasteiger partial charge in [0, 0.05) is 22.7 Å². The third-order valence-electron chi connectivity index (χ3n) is 4.73. The van der Waals surface area contributed by atoms with E-state index in [-0.39, 0.29) is 17.4 Å². The Bertz CT molecular complexity index is 1030. The molecule has 0 spiro atoms. The van der Waals surface area contributed by atoms with Gasteiger partial charge in [0.05, 0.1) is 6.04 Å². The highest BCUT2D eigenvalue weighted by molar-refractivity contribution is 6.31. The van der Waals surface area contributed by atoms with Crippen LogP contribution >= 0.6 is 11.6 Å². The molecule has 0 radical (unpaired) electrons. The topological polar surface area (TPSA) is 89.5 Å². The lowest BCUT2D eigenvalue weighted by Crippen LogP contribution is -2.30. The first-order valence-corrected chi connectivity index (χ1v) is 9.06. The molecule has 1 aliphatic rings. The minimum atomic E-state index is -0.410. The van der Waals surface area contributed by atoms with Crippen LogP contribution in [0.25, 0.3) is 11.3 Å². The maximum atomic E-state index is 13.0. The van der Waals surface area contributed by atoms with E-state index >= 15 is 0 Å². The van der Waals surface area contributed by atoms with Crippen molar-refractivity contribution >= 4 is 17.5 Å². The van der Waals surface area contributed by atoms with Crippen LogP contribution in [0.2, 0.25) is 5.02 Å². The van der Waals surface area contributed by atoms with Gasteiger partial charge in [-0.2, -0.15) is 5.10 Å². The van der Waals surface area contributed by atoms with Crippen LogP contribution in [-0.4, -0.2) is 37.8 Å². The van der Waals surface area contributed by atoms with Crippen molar-refractivity contribution in [1.29, 1.82) is 0 Å². The average molecular weight is 384 g/mol. The predicted molar refractivity (Wildman–Crippen MR) is 102 cm³/mol. The van der Waals surface area contributed by atoms with Crippen LogP contribution in [0.5, 0.6) is 11.5 Å². The molecule has 0 saturated carbocycles. The van der Waals surface area contributed by atoms with Gasteiger partial charge in [0.15, 0.2) is 0 Å². The molecule has 4 rings (SSSR count). The summed E-state index contributed by atoms with van der Waals surface area (Å²) in [6.07, 6.45) is 0.788. The number of H-pyrrole nitrogens is 1. The highest BCUT2D eigenvalue weighted by atomic mass is 35.5. The number of hydrogen-bond donors (Lipinski definition) is 3. The third-order valence-corrected chi connectivity index (χ3v) is 4.96. The molecule has 2 aromatic carbocycles. The molecule has 0 aliphatic carbocycles. The molecule has 2 heterocycles. The number of phenols is 2. The van der Waals surface area contributed by atoms with E-state index in [1.807, 2.05) is 13.0 Å². The highest BCUT2D eigenvalue weighted by Gasteiger charge is 2.42. The largest absolute Gasteiger partial charge is 0.508 e. The van der Waals surface area contributed by atoms with E-state index in [9.17, 15) is 15.0 Å². The number of carbonyl (C=O) groups excluding carboxylic acids is 1. The molecule has 3 N–H and O–H groups in total. The second-order valence-corrected chi connectivity index (χ2v) is 6.95. The normalized spacial score (nSPS) is 16.0. The van der Waals surface area contributed by atoms with Crippen molar-refractivity contribution in [2.75, 3.05) is 6.54 Å². The van der Waals surface area contributed by atoms with Crippen LogP contribution in [0.4, 0.5) is 0 Å². The number of nitrogens with one attached hydrogen (secondary N) is 1. The quantitative estimate of drug-likeness (QED) is 0.632. The van der Waals surface area contributed by atoms with E-state index < -0.39 is 6.04 Å². The fourth-order valence-corrected chi connectivity index (χ4v) is 3.78. The summed E-state index contributed by atoms with van der Waals surface area (Å²) in [4.78, 5) is 14.7. The lowest BCUT2D eigenvalue weighted by atomic mass is 9.95. The summed E-state index contributed by atoms with van der Waals surface area (Å²) in [5, 5.41) is 27.8. The second-order valence-electron chi connectivity index (χ2n) is 6.52. The number of aromatic amines is 1. The maximum Gasteiger partial charge on any atom is 0.273 e. The SMILES string of the molecule is CCCN1C(=O)c2[nH]nc(-c3cc(Cl)ccc3O)c2C1c1cccc(O)c1. The molecule has 1 amide bonds. The minimum Gasteiger partial charge on any atom is -0.508 e. The van der Waals surface area contributed by atoms with Crippen LogP contribution in [0, 0.1) is 0 Å². The number of nitrogens with zero attached hydrogens (tertiary/aromatic N) is 2. The monoisotopic (exact) mass is 383 g/mol. The van der Waals surface area contributed by atoms with E-state index in [4.69, 9.17) is 11.6 Å². The Morgan fingerprint density at radius 1 is 1.22 bits per heavy atom. The molecule has 138 valence electrons. The first kappa shape index (κ1) is 17.4. The summed E-state index contributed by atoms with van der Waals surface area (Å²) in [6.45, 7) is 2.56. The Hall–Kier alpha value is -2.99. The third kappa shape index (κ3) is 2.82. The number of aromatic hydroxyl groups is 2. The summed E-state index contributed by atoms with van der Waals surface area (Å²) in [7, 11) is 0. The van der Waals surface area contributed by atoms with Crippen molar-refractivity contribution in [1.82, 2.24) is 15.1 Å². The van der Waals surface area contributed by atoms with Gasteiger partial charge in [0.1, 0.15) is 22.9 Å². The molecule has 6 nitrogen and oxygen atoms in total. The zero-order valence-corrected chi connectivity index (χ0v) is 15.4. The van der Waals surface area contributed by atoms with E-state index in [0.717, 1.165) is 12.0 Å². The number of rotatable bonds is 4. The second kappa shape index (κ2) is 6.63. The van der Waals surface area contributed by atoms with Gasteiger partial charge in [-0.05, 0) is 42.3 Å². The lowest BCUT2D eigenvalue weighted by molar-refractivity contribution is 0.0743. The Balaban J connectivity index is 1.94. The molecule has 0 saturated heterocycles. The fraction of sp³-hybridized carbons (Fsp3) is 0.200. The van der Waals surface area contributed by atoms with E-state index in [1.165, 1.54) is 6.07 Å². The molecular formula is C20H18ClN3O3. The molecule has 0 bridgehead atoms. The van der Waals surface area contributed by atoms with Crippen molar-refractivity contribution in [2.45, 2.75) is 19.4 Å². The van der Waals surface area contributed by atoms with Crippen LogP contribution in [0.1, 0.15) is 41.0 Å². The van der Waals surface area contributed by atoms with Gasteiger partial charge in [-0.15, -0.1) is 0 Å². The molecular weight excluding hydrogens is 366 g/mol. The summed E-state index contributed by atoms with van der Waals surface area (Å²) in [5.41, 5.74) is 2.78. The van der Waals surface area contributed by atoms with E-state index in [1.54, 1.807) is 35.2 Å². The minimum absolute atomic E-state index is 0.0322. The fourth-order valence-electron chi connectivity index (χ4n) is 3.61. The number of phenolic OH excluding ortho intramolecular Hbond substituents is 2. The zero-order valence-electron chi connectivity index (χ0n) is 14.6. The lowest BCUT2D eigenvalue weighted by Gasteiger charge is -2.26. The molecule has 1 aliphatic heterocycles. The van der Waals surface area contributed by atoms with Crippen molar-refractivity contribution < 1.29 is 15.0 Å². The van der Waals surface area contributed by atoms with Gasteiger partial charge in [0.2, 0.25) is 0 Å². The van der Waals surface area contributed by atoms with Gasteiger partial charge in [-0.1, -0.05) is 30.7 Å². The van der Waals surface area contributed by atoms with Crippen molar-refractivity contribution in [2.24, 2.45) is 0 Å². The molecule has 1 aromatic heterocycles. The number of benzene rings is 2. The van der Waals surface area contributed by atoms with Crippen LogP contribution in [0.15, 0.2) is 42.5 Å². The number of amides is 1. The van der Waals surface area contributed by atoms with Gasteiger partial charge in [-0.3, -0.25) is 9.89 Å². The Labute approximate surface area is 161 Å². The van der Waals surface area contributed by atoms with E-state index in [0.29, 0.717) is 34.1 Å². The summed E-state index contributed by atoms with van der Waals surface area (Å²) in [6, 6.07) is 11.1. The summed E-state index contributed by atoms with van der Waals surface area (Å²) < 4.78 is 0. The van der Waals surface area contributed by atoms with Crippen molar-refractivity contribution in [3.63, 3.8) is 0 Å². The van der Waals surface area contributed by atoms with Crippen LogP contribution in [0.3, 0.4) is 0 Å². The first-order valence-electron chi connectivity index (χ1n) is 8.68. The van der Waals surface area contributed by atoms with Gasteiger partial charge >= 0.3 is 0 Å². The first-order chi connectivity index (χ1) is 13.0. The molecule has 0 fully saturated rings. The standard InChI is InChI=1S/C20H18ClN3O3/c1-2-8-24-19(11-4-3-5-13(25)9-11)16-17(22-23-18(16)20(24)27)14-10-12(21)6-7-15(14)26/h3-7,9-10,19,25-26H,2,8H2,1H3,(H,22,23). The summed E-state index contributed by atoms with van der Waals surface area (Å²) in [5.74, 6) is 0.00528. The van der Waals surface area contributed by atoms with Crippen molar-refractivity contribution in [3.8, 4) is 22.8 Å². The number of hydrogen-bond acceptors (Lipinski definition) is 4. The maximum absolute atomic E-state index is 13.0. The summed E-state index contributed by atoms with van der Waals surface area (Å²) >= 11 is 6.11. The van der Waals surface area contributed by atoms with Crippen LogP contribution in [-0.2, 0) is 0 Å². The van der Waals surface area contributed by atoms with Crippen molar-refractivity contribution in [3.05, 3.63) is 64.3 Å². The Kier molecular flexibility index (Phi) is 4.28. The smallest absolute Gasteiger partial charge is 0.273 e. The number of carbonyl (C=O) groups is 1. The molecule has 1 atom stereocenters.